The predicted molar refractivity (Wildman–Crippen MR) is 104 cm³/mol. The van der Waals surface area contributed by atoms with Crippen molar-refractivity contribution >= 4 is 18.4 Å². The summed E-state index contributed by atoms with van der Waals surface area (Å²) in [5.41, 5.74) is -0.0368. The molecule has 0 saturated carbocycles. The number of unbranched alkanes of at least 4 members (excludes halogenated alkanes) is 3. The molecule has 0 saturated heterocycles. The van der Waals surface area contributed by atoms with Gasteiger partial charge in [0.15, 0.2) is 0 Å². The minimum absolute atomic E-state index is 0.0368. The molecular weight excluding hydrogens is 375 g/mol. The van der Waals surface area contributed by atoms with Crippen molar-refractivity contribution in [1.29, 1.82) is 0 Å². The third-order valence-electron chi connectivity index (χ3n) is 4.94. The van der Waals surface area contributed by atoms with Crippen LogP contribution in [-0.2, 0) is 0 Å². The average Bonchev–Trinajstić information content (AvgIpc) is 2.47. The van der Waals surface area contributed by atoms with Crippen molar-refractivity contribution in [2.45, 2.75) is 104 Å². The van der Waals surface area contributed by atoms with E-state index in [1.54, 1.807) is 13.3 Å². The first-order valence-corrected chi connectivity index (χ1v) is 17.7. The van der Waals surface area contributed by atoms with Crippen LogP contribution in [0.3, 0.4) is 0 Å². The fraction of sp³-hybridized carbons (Fsp3) is 0.900. The topological polar surface area (TPSA) is 20.2 Å². The molecule has 0 aromatic heterocycles. The molecule has 0 spiro atoms. The van der Waals surface area contributed by atoms with Crippen LogP contribution < -0.4 is 0 Å². The van der Waals surface area contributed by atoms with Gasteiger partial charge in [-0.2, -0.15) is 0 Å². The van der Waals surface area contributed by atoms with Crippen LogP contribution in [0.5, 0.6) is 0 Å². The van der Waals surface area contributed by atoms with Crippen LogP contribution in [0.25, 0.3) is 0 Å². The van der Waals surface area contributed by atoms with Gasteiger partial charge in [-0.05, 0) is 0 Å². The Kier molecular flexibility index (Phi) is 12.2. The van der Waals surface area contributed by atoms with E-state index in [-0.39, 0.29) is 11.5 Å². The minimum atomic E-state index is -2.03. The molecule has 2 heteroatoms. The van der Waals surface area contributed by atoms with E-state index in [0.717, 1.165) is 0 Å². The van der Waals surface area contributed by atoms with Gasteiger partial charge in [-0.25, -0.2) is 0 Å². The second-order valence-corrected chi connectivity index (χ2v) is 22.3. The van der Waals surface area contributed by atoms with Gasteiger partial charge in [-0.15, -0.1) is 0 Å². The molecule has 0 aliphatic rings. The van der Waals surface area contributed by atoms with Gasteiger partial charge in [-0.3, -0.25) is 0 Å². The van der Waals surface area contributed by atoms with Gasteiger partial charge in [-0.1, -0.05) is 0 Å². The third-order valence-corrected chi connectivity index (χ3v) is 20.2. The van der Waals surface area contributed by atoms with Crippen LogP contribution >= 0.6 is 0 Å². The number of allylic oxidation sites excluding steroid dienone is 1. The molecule has 0 aromatic carbocycles. The zero-order chi connectivity index (χ0) is 17.1. The van der Waals surface area contributed by atoms with Gasteiger partial charge in [0.05, 0.1) is 0 Å². The van der Waals surface area contributed by atoms with E-state index in [4.69, 9.17) is 0 Å². The summed E-state index contributed by atoms with van der Waals surface area (Å²) in [5, 5.41) is 10.2. The first kappa shape index (κ1) is 22.5. The molecule has 132 valence electrons. The molecule has 0 bridgehead atoms. The van der Waals surface area contributed by atoms with Gasteiger partial charge in [0, 0.05) is 0 Å². The van der Waals surface area contributed by atoms with E-state index in [0.29, 0.717) is 0 Å². The third kappa shape index (κ3) is 9.60. The van der Waals surface area contributed by atoms with Crippen LogP contribution in [0, 0.1) is 5.41 Å². The molecule has 1 N–H and O–H groups in total. The second-order valence-electron chi connectivity index (χ2n) is 8.25. The molecule has 1 nitrogen and oxygen atoms in total. The zero-order valence-corrected chi connectivity index (χ0v) is 19.1. The van der Waals surface area contributed by atoms with E-state index in [9.17, 15) is 5.11 Å². The van der Waals surface area contributed by atoms with E-state index >= 15 is 0 Å². The number of rotatable bonds is 12. The number of hydrogen-bond acceptors (Lipinski definition) is 1. The van der Waals surface area contributed by atoms with E-state index in [1.165, 1.54) is 43.0 Å². The van der Waals surface area contributed by atoms with Crippen LogP contribution in [0.4, 0.5) is 0 Å². The summed E-state index contributed by atoms with van der Waals surface area (Å²) < 4.78 is 6.02. The molecule has 0 fully saturated rings. The Hall–Kier alpha value is 0.499. The van der Waals surface area contributed by atoms with Crippen LogP contribution in [0.2, 0.25) is 17.7 Å². The average molecular weight is 417 g/mol. The molecule has 0 aliphatic carbocycles. The van der Waals surface area contributed by atoms with Gasteiger partial charge in [0.25, 0.3) is 0 Å². The summed E-state index contributed by atoms with van der Waals surface area (Å²) in [4.78, 5) is 0. The summed E-state index contributed by atoms with van der Waals surface area (Å²) in [5.74, 6) is 0. The molecule has 0 aromatic rings. The monoisotopic (exact) mass is 418 g/mol. The Bertz CT molecular complexity index is 269. The van der Waals surface area contributed by atoms with Crippen LogP contribution in [0.1, 0.15) is 80.1 Å². The predicted octanol–water partition coefficient (Wildman–Crippen LogP) is 6.80. The summed E-state index contributed by atoms with van der Waals surface area (Å²) in [6.07, 6.45) is 12.5. The van der Waals surface area contributed by atoms with Crippen molar-refractivity contribution in [3.63, 3.8) is 0 Å². The molecule has 0 heterocycles. The quantitative estimate of drug-likeness (QED) is 0.274. The Morgan fingerprint density at radius 1 is 0.864 bits per heavy atom. The van der Waals surface area contributed by atoms with E-state index in [1.807, 2.05) is 0 Å². The molecule has 0 radical (unpaired) electrons. The van der Waals surface area contributed by atoms with Crippen molar-refractivity contribution < 1.29 is 5.11 Å². The summed E-state index contributed by atoms with van der Waals surface area (Å²) in [6, 6.07) is 0. The molecular formula is C20H42OSn. The maximum atomic E-state index is 10.2. The normalized spacial score (nSPS) is 14.7. The standard InChI is InChI=1S/C8H15O.3C4H9.Sn/c1-5-6-7(9)8(2,3)4;3*1-3-4-2;/h5-7,9H,1H2,2-4H3;3*1,3-4H2,2H3;/b6-5+;;;;. The van der Waals surface area contributed by atoms with Gasteiger partial charge in [0.1, 0.15) is 0 Å². The maximum absolute atomic E-state index is 10.2. The van der Waals surface area contributed by atoms with Crippen molar-refractivity contribution in [2.75, 3.05) is 0 Å². The Morgan fingerprint density at radius 3 is 1.59 bits per heavy atom. The van der Waals surface area contributed by atoms with Crippen molar-refractivity contribution in [2.24, 2.45) is 5.41 Å². The molecule has 0 rings (SSSR count). The SMILES string of the molecule is CCC[CH2][Sn]([CH2]/C=C/C(O)C(C)(C)C)([CH2]CCC)[CH2]CCC. The van der Waals surface area contributed by atoms with E-state index < -0.39 is 18.4 Å². The Balaban J connectivity index is 4.88. The number of hydrogen-bond donors (Lipinski definition) is 1. The van der Waals surface area contributed by atoms with Crippen LogP contribution in [0.15, 0.2) is 12.2 Å². The molecule has 22 heavy (non-hydrogen) atoms. The van der Waals surface area contributed by atoms with Gasteiger partial charge in [0.2, 0.25) is 0 Å². The van der Waals surface area contributed by atoms with Crippen molar-refractivity contribution in [1.82, 2.24) is 0 Å². The number of aliphatic hydroxyl groups excluding tert-OH is 1. The zero-order valence-electron chi connectivity index (χ0n) is 16.3. The molecule has 0 amide bonds. The molecule has 1 atom stereocenters. The Labute approximate surface area is 144 Å². The summed E-state index contributed by atoms with van der Waals surface area (Å²) >= 11 is -2.03. The van der Waals surface area contributed by atoms with Gasteiger partial charge < -0.3 is 0 Å². The van der Waals surface area contributed by atoms with Crippen molar-refractivity contribution in [3.05, 3.63) is 12.2 Å². The molecule has 1 unspecified atom stereocenters. The number of aliphatic hydroxyl groups is 1. The van der Waals surface area contributed by atoms with Gasteiger partial charge >= 0.3 is 145 Å². The summed E-state index contributed by atoms with van der Waals surface area (Å²) in [7, 11) is 0. The fourth-order valence-corrected chi connectivity index (χ4v) is 18.2. The van der Waals surface area contributed by atoms with E-state index in [2.05, 4.69) is 53.7 Å². The molecule has 0 aliphatic heterocycles. The fourth-order valence-electron chi connectivity index (χ4n) is 3.07. The Morgan fingerprint density at radius 2 is 1.27 bits per heavy atom. The first-order valence-electron chi connectivity index (χ1n) is 9.66. The summed E-state index contributed by atoms with van der Waals surface area (Å²) in [6.45, 7) is 13.3. The first-order chi connectivity index (χ1) is 10.3. The van der Waals surface area contributed by atoms with Crippen LogP contribution in [-0.4, -0.2) is 29.6 Å². The second kappa shape index (κ2) is 11.9. The van der Waals surface area contributed by atoms with Crippen molar-refractivity contribution in [3.8, 4) is 0 Å².